The molecule has 0 unspecified atom stereocenters. The van der Waals surface area contributed by atoms with E-state index < -0.39 is 0 Å². The van der Waals surface area contributed by atoms with Crippen LogP contribution >= 0.6 is 23.2 Å². The monoisotopic (exact) mass is 281 g/mol. The Labute approximate surface area is 116 Å². The topological polar surface area (TPSA) is 51.8 Å². The first kappa shape index (κ1) is 13.1. The zero-order chi connectivity index (χ0) is 13.3. The molecular weight excluding hydrogens is 269 g/mol. The highest BCUT2D eigenvalue weighted by molar-refractivity contribution is 6.43. The Morgan fingerprint density at radius 3 is 2.56 bits per heavy atom. The van der Waals surface area contributed by atoms with Crippen LogP contribution in [-0.4, -0.2) is 9.97 Å². The molecule has 0 spiro atoms. The Bertz CT molecular complexity index is 582. The molecule has 0 fully saturated rings. The number of nitrogens with zero attached hydrogens (tertiary/aromatic N) is 2. The summed E-state index contributed by atoms with van der Waals surface area (Å²) in [6.45, 7) is 4.09. The van der Waals surface area contributed by atoms with Gasteiger partial charge in [0.25, 0.3) is 0 Å². The van der Waals surface area contributed by atoms with Gasteiger partial charge < -0.3 is 5.73 Å². The predicted molar refractivity (Wildman–Crippen MR) is 76.0 cm³/mol. The maximum atomic E-state index is 6.16. The van der Waals surface area contributed by atoms with Crippen LogP contribution in [0, 0.1) is 0 Å². The Hall–Kier alpha value is -1.32. The van der Waals surface area contributed by atoms with Crippen LogP contribution in [0.4, 0.5) is 5.82 Å². The minimum absolute atomic E-state index is 0.270. The van der Waals surface area contributed by atoms with Crippen molar-refractivity contribution in [1.82, 2.24) is 9.97 Å². The van der Waals surface area contributed by atoms with Gasteiger partial charge in [0.15, 0.2) is 5.82 Å². The normalized spacial score (nSPS) is 10.9. The van der Waals surface area contributed by atoms with Crippen LogP contribution in [0.3, 0.4) is 0 Å². The first-order chi connectivity index (χ1) is 8.49. The third-order valence-corrected chi connectivity index (χ3v) is 3.37. The average molecular weight is 282 g/mol. The fourth-order valence-corrected chi connectivity index (χ4v) is 1.96. The number of anilines is 1. The van der Waals surface area contributed by atoms with Crippen molar-refractivity contribution in [2.45, 2.75) is 19.8 Å². The first-order valence-electron chi connectivity index (χ1n) is 5.58. The minimum Gasteiger partial charge on any atom is -0.384 e. The lowest BCUT2D eigenvalue weighted by Gasteiger charge is -2.09. The zero-order valence-electron chi connectivity index (χ0n) is 10.1. The molecule has 3 nitrogen and oxygen atoms in total. The first-order valence-corrected chi connectivity index (χ1v) is 6.33. The quantitative estimate of drug-likeness (QED) is 0.899. The highest BCUT2D eigenvalue weighted by Gasteiger charge is 2.12. The number of benzene rings is 1. The molecular formula is C13H13Cl2N3. The van der Waals surface area contributed by atoms with E-state index in [1.165, 1.54) is 0 Å². The molecule has 0 saturated heterocycles. The Kier molecular flexibility index (Phi) is 3.73. The van der Waals surface area contributed by atoms with E-state index in [-0.39, 0.29) is 5.92 Å². The van der Waals surface area contributed by atoms with Crippen molar-refractivity contribution < 1.29 is 0 Å². The summed E-state index contributed by atoms with van der Waals surface area (Å²) in [7, 11) is 0. The van der Waals surface area contributed by atoms with Crippen LogP contribution in [0.15, 0.2) is 24.3 Å². The van der Waals surface area contributed by atoms with Crippen molar-refractivity contribution >= 4 is 29.0 Å². The summed E-state index contributed by atoms with van der Waals surface area (Å²) in [6.07, 6.45) is 0. The van der Waals surface area contributed by atoms with Gasteiger partial charge in [0.1, 0.15) is 5.82 Å². The molecule has 0 radical (unpaired) electrons. The summed E-state index contributed by atoms with van der Waals surface area (Å²) in [5, 5.41) is 0.922. The molecule has 5 heteroatoms. The molecule has 2 N–H and O–H groups in total. The second-order valence-corrected chi connectivity index (χ2v) is 5.08. The van der Waals surface area contributed by atoms with Crippen molar-refractivity contribution in [3.05, 3.63) is 40.0 Å². The van der Waals surface area contributed by atoms with E-state index >= 15 is 0 Å². The molecule has 2 aromatic rings. The molecule has 0 atom stereocenters. The highest BCUT2D eigenvalue weighted by atomic mass is 35.5. The predicted octanol–water partition coefficient (Wildman–Crippen LogP) is 4.16. The van der Waals surface area contributed by atoms with Gasteiger partial charge in [0, 0.05) is 17.3 Å². The van der Waals surface area contributed by atoms with Gasteiger partial charge in [-0.1, -0.05) is 43.1 Å². The van der Waals surface area contributed by atoms with Gasteiger partial charge in [-0.05, 0) is 18.1 Å². The van der Waals surface area contributed by atoms with Gasteiger partial charge in [-0.25, -0.2) is 9.97 Å². The SMILES string of the molecule is CC(C)c1cc(N)nc(-c2cccc(Cl)c2Cl)n1. The Balaban J connectivity index is 2.60. The lowest BCUT2D eigenvalue weighted by Crippen LogP contribution is -2.02. The van der Waals surface area contributed by atoms with Crippen molar-refractivity contribution in [3.63, 3.8) is 0 Å². The standard InChI is InChI=1S/C13H13Cl2N3/c1-7(2)10-6-11(16)18-13(17-10)8-4-3-5-9(14)12(8)15/h3-7H,1-2H3,(H2,16,17,18). The molecule has 1 aromatic carbocycles. The maximum absolute atomic E-state index is 6.16. The number of hydrogen-bond donors (Lipinski definition) is 1. The molecule has 0 saturated carbocycles. The molecule has 0 bridgehead atoms. The van der Waals surface area contributed by atoms with E-state index in [9.17, 15) is 0 Å². The van der Waals surface area contributed by atoms with Crippen molar-refractivity contribution in [2.24, 2.45) is 0 Å². The van der Waals surface area contributed by atoms with Crippen molar-refractivity contribution in [2.75, 3.05) is 5.73 Å². The largest absolute Gasteiger partial charge is 0.384 e. The summed E-state index contributed by atoms with van der Waals surface area (Å²) in [6, 6.07) is 7.13. The van der Waals surface area contributed by atoms with E-state index in [4.69, 9.17) is 28.9 Å². The average Bonchev–Trinajstić information content (AvgIpc) is 2.31. The van der Waals surface area contributed by atoms with Crippen LogP contribution < -0.4 is 5.73 Å². The van der Waals surface area contributed by atoms with Crippen molar-refractivity contribution in [3.8, 4) is 11.4 Å². The fraction of sp³-hybridized carbons (Fsp3) is 0.231. The van der Waals surface area contributed by atoms with Crippen LogP contribution in [0.2, 0.25) is 10.0 Å². The van der Waals surface area contributed by atoms with E-state index in [0.717, 1.165) is 5.69 Å². The van der Waals surface area contributed by atoms with E-state index in [0.29, 0.717) is 27.3 Å². The van der Waals surface area contributed by atoms with Gasteiger partial charge in [0.2, 0.25) is 0 Å². The summed E-state index contributed by atoms with van der Waals surface area (Å²) >= 11 is 12.1. The van der Waals surface area contributed by atoms with Crippen LogP contribution in [0.1, 0.15) is 25.5 Å². The highest BCUT2D eigenvalue weighted by Crippen LogP contribution is 2.32. The Morgan fingerprint density at radius 2 is 1.89 bits per heavy atom. The third kappa shape index (κ3) is 2.57. The number of rotatable bonds is 2. The molecule has 0 aliphatic rings. The van der Waals surface area contributed by atoms with Crippen LogP contribution in [0.25, 0.3) is 11.4 Å². The molecule has 1 aromatic heterocycles. The number of nitrogens with two attached hydrogens (primary N) is 1. The fourth-order valence-electron chi connectivity index (χ4n) is 1.58. The molecule has 94 valence electrons. The summed E-state index contributed by atoms with van der Waals surface area (Å²) in [5.74, 6) is 1.21. The summed E-state index contributed by atoms with van der Waals surface area (Å²) < 4.78 is 0. The van der Waals surface area contributed by atoms with E-state index in [1.807, 2.05) is 26.0 Å². The molecule has 1 heterocycles. The van der Waals surface area contributed by atoms with Gasteiger partial charge in [0.05, 0.1) is 10.0 Å². The third-order valence-electron chi connectivity index (χ3n) is 2.55. The minimum atomic E-state index is 0.270. The molecule has 18 heavy (non-hydrogen) atoms. The van der Waals surface area contributed by atoms with Crippen LogP contribution in [0.5, 0.6) is 0 Å². The molecule has 2 rings (SSSR count). The zero-order valence-corrected chi connectivity index (χ0v) is 11.6. The molecule has 0 aliphatic heterocycles. The van der Waals surface area contributed by atoms with Crippen molar-refractivity contribution in [1.29, 1.82) is 0 Å². The second kappa shape index (κ2) is 5.12. The Morgan fingerprint density at radius 1 is 1.17 bits per heavy atom. The van der Waals surface area contributed by atoms with Gasteiger partial charge in [-0.15, -0.1) is 0 Å². The van der Waals surface area contributed by atoms with E-state index in [1.54, 1.807) is 12.1 Å². The van der Waals surface area contributed by atoms with Gasteiger partial charge in [-0.2, -0.15) is 0 Å². The number of halogens is 2. The molecule has 0 aliphatic carbocycles. The van der Waals surface area contributed by atoms with Gasteiger partial charge in [-0.3, -0.25) is 0 Å². The number of nitrogen functional groups attached to an aromatic ring is 1. The second-order valence-electron chi connectivity index (χ2n) is 4.30. The lowest BCUT2D eigenvalue weighted by molar-refractivity contribution is 0.818. The number of aromatic nitrogens is 2. The van der Waals surface area contributed by atoms with Crippen LogP contribution in [-0.2, 0) is 0 Å². The summed E-state index contributed by atoms with van der Waals surface area (Å²) in [4.78, 5) is 8.68. The smallest absolute Gasteiger partial charge is 0.163 e. The molecule has 0 amide bonds. The summed E-state index contributed by atoms with van der Waals surface area (Å²) in [5.41, 5.74) is 7.37. The van der Waals surface area contributed by atoms with E-state index in [2.05, 4.69) is 9.97 Å². The van der Waals surface area contributed by atoms with Gasteiger partial charge >= 0.3 is 0 Å². The number of hydrogen-bond acceptors (Lipinski definition) is 3. The maximum Gasteiger partial charge on any atom is 0.163 e. The lowest BCUT2D eigenvalue weighted by atomic mass is 10.1.